The van der Waals surface area contributed by atoms with Crippen molar-refractivity contribution in [2.24, 2.45) is 0 Å². The number of benzene rings is 3. The van der Waals surface area contributed by atoms with E-state index in [9.17, 15) is 50.7 Å². The predicted octanol–water partition coefficient (Wildman–Crippen LogP) is 2.71. The van der Waals surface area contributed by atoms with Crippen LogP contribution in [0.25, 0.3) is 0 Å². The Morgan fingerprint density at radius 1 is 0.800 bits per heavy atom. The van der Waals surface area contributed by atoms with Crippen LogP contribution in [0.15, 0.2) is 96.7 Å². The number of nitrogens with zero attached hydrogens (tertiary/aromatic N) is 3. The molecule has 17 nitrogen and oxygen atoms in total. The highest BCUT2D eigenvalue weighted by Crippen LogP contribution is 2.48. The highest BCUT2D eigenvalue weighted by Gasteiger charge is 2.50. The van der Waals surface area contributed by atoms with Crippen LogP contribution in [0.3, 0.4) is 0 Å². The zero-order valence-electron chi connectivity index (χ0n) is 37.0. The molecular weight excluding hydrogens is 841 g/mol. The average Bonchev–Trinajstić information content (AvgIpc) is 3.64. The van der Waals surface area contributed by atoms with Gasteiger partial charge in [0.1, 0.15) is 48.8 Å². The summed E-state index contributed by atoms with van der Waals surface area (Å²) in [6.45, 7) is 9.16. The molecule has 4 aliphatic rings. The molecule has 0 saturated carbocycles. The molecule has 0 aromatic heterocycles. The summed E-state index contributed by atoms with van der Waals surface area (Å²) < 4.78 is 18.8. The largest absolute Gasteiger partial charge is 0.394 e. The van der Waals surface area contributed by atoms with E-state index in [0.717, 1.165) is 41.2 Å². The average molecular weight is 902 g/mol. The van der Waals surface area contributed by atoms with Gasteiger partial charge in [0, 0.05) is 71.7 Å². The number of aliphatic hydroxyl groups is 7. The van der Waals surface area contributed by atoms with Gasteiger partial charge in [-0.3, -0.25) is 14.9 Å². The number of unbranched alkanes of at least 4 members (excludes halogenated alkanes) is 2. The van der Waals surface area contributed by atoms with Crippen LogP contribution in [0.4, 0.5) is 17.1 Å². The van der Waals surface area contributed by atoms with E-state index < -0.39 is 72.9 Å². The van der Waals surface area contributed by atoms with E-state index in [1.807, 2.05) is 24.3 Å². The van der Waals surface area contributed by atoms with Crippen LogP contribution in [0.2, 0.25) is 0 Å². The van der Waals surface area contributed by atoms with Gasteiger partial charge in [0.05, 0.1) is 16.9 Å². The standard InChI is InChI=1S/C48H60N4O13/c1-47(2)30-13-7-9-15-32(30)50(36(47)17-12-18-37-48(3,4)31-14-8-10-16-33(31)51(37)26-28-20-22-29(23-21-28)52(61)62)24-11-5-6-19-38(54)49-25-34-39(55)41(57)43(59)45(63-34)65-46-44(60)42(58)40(56)35(27-53)64-46/h7-10,12-18,20-23,34-35,39-46,53,55-60H,5-6,11,19,24-27H2,1-4H3/p+1/t34-,35-,39-,40-,41+,42+,43-,44-,45-,46-/m1/s1. The number of ether oxygens (including phenoxy) is 3. The van der Waals surface area contributed by atoms with E-state index in [-0.39, 0.29) is 35.4 Å². The fourth-order valence-corrected chi connectivity index (χ4v) is 9.37. The number of allylic oxidation sites excluding steroid dienone is 4. The Morgan fingerprint density at radius 2 is 1.42 bits per heavy atom. The van der Waals surface area contributed by atoms with E-state index in [1.54, 1.807) is 24.3 Å². The Bertz CT molecular complexity index is 2280. The Labute approximate surface area is 377 Å². The van der Waals surface area contributed by atoms with Gasteiger partial charge in [-0.25, -0.2) is 0 Å². The number of nitro groups is 1. The normalized spacial score (nSPS) is 29.9. The first-order valence-corrected chi connectivity index (χ1v) is 22.1. The van der Waals surface area contributed by atoms with Gasteiger partial charge in [-0.2, -0.15) is 4.58 Å². The zero-order valence-corrected chi connectivity index (χ0v) is 37.0. The number of hydrogen-bond donors (Lipinski definition) is 8. The molecule has 3 aromatic rings. The molecule has 0 unspecified atom stereocenters. The maximum Gasteiger partial charge on any atom is 0.269 e. The molecule has 7 rings (SSSR count). The van der Waals surface area contributed by atoms with Gasteiger partial charge in [0.2, 0.25) is 11.6 Å². The van der Waals surface area contributed by atoms with Gasteiger partial charge >= 0.3 is 0 Å². The second-order valence-electron chi connectivity index (χ2n) is 18.2. The van der Waals surface area contributed by atoms with Crippen molar-refractivity contribution in [2.75, 3.05) is 24.6 Å². The van der Waals surface area contributed by atoms with Gasteiger partial charge in [-0.1, -0.05) is 62.7 Å². The van der Waals surface area contributed by atoms with E-state index in [4.69, 9.17) is 14.2 Å². The minimum Gasteiger partial charge on any atom is -0.394 e. The first-order valence-electron chi connectivity index (χ1n) is 22.1. The highest BCUT2D eigenvalue weighted by molar-refractivity contribution is 6.03. The Morgan fingerprint density at radius 3 is 2.08 bits per heavy atom. The van der Waals surface area contributed by atoms with Crippen LogP contribution in [0.5, 0.6) is 0 Å². The Balaban J connectivity index is 0.972. The molecule has 0 spiro atoms. The summed E-state index contributed by atoms with van der Waals surface area (Å²) in [6, 6.07) is 23.4. The number of hydrogen-bond acceptors (Lipinski definition) is 14. The summed E-state index contributed by atoms with van der Waals surface area (Å²) in [7, 11) is 0. The maximum atomic E-state index is 13.0. The number of aliphatic hydroxyl groups excluding tert-OH is 7. The van der Waals surface area contributed by atoms with Crippen molar-refractivity contribution in [1.82, 2.24) is 5.32 Å². The number of amides is 1. The van der Waals surface area contributed by atoms with Crippen molar-refractivity contribution in [2.45, 2.75) is 132 Å². The van der Waals surface area contributed by atoms with Crippen LogP contribution >= 0.6 is 0 Å². The van der Waals surface area contributed by atoms with Crippen LogP contribution in [0, 0.1) is 10.1 Å². The molecule has 0 radical (unpaired) electrons. The second-order valence-corrected chi connectivity index (χ2v) is 18.2. The van der Waals surface area contributed by atoms with Gasteiger partial charge in [-0.05, 0) is 56.5 Å². The Hall–Kier alpha value is -4.92. The molecule has 4 aliphatic heterocycles. The Kier molecular flexibility index (Phi) is 14.7. The third-order valence-electron chi connectivity index (χ3n) is 13.2. The molecule has 8 N–H and O–H groups in total. The van der Waals surface area contributed by atoms with Crippen molar-refractivity contribution >= 4 is 28.7 Å². The fourth-order valence-electron chi connectivity index (χ4n) is 9.37. The first-order chi connectivity index (χ1) is 30.9. The third-order valence-corrected chi connectivity index (χ3v) is 13.2. The molecule has 65 heavy (non-hydrogen) atoms. The van der Waals surface area contributed by atoms with Crippen molar-refractivity contribution in [1.29, 1.82) is 0 Å². The molecule has 2 saturated heterocycles. The molecule has 350 valence electrons. The van der Waals surface area contributed by atoms with Crippen molar-refractivity contribution in [3.63, 3.8) is 0 Å². The number of para-hydroxylation sites is 2. The number of carbonyl (C=O) groups excluding carboxylic acids is 1. The number of nitro benzene ring substituents is 1. The summed E-state index contributed by atoms with van der Waals surface area (Å²) in [5, 5.41) is 85.8. The molecule has 17 heteroatoms. The smallest absolute Gasteiger partial charge is 0.269 e. The third kappa shape index (κ3) is 9.81. The van der Waals surface area contributed by atoms with E-state index in [0.29, 0.717) is 19.5 Å². The summed E-state index contributed by atoms with van der Waals surface area (Å²) in [4.78, 5) is 26.2. The summed E-state index contributed by atoms with van der Waals surface area (Å²) >= 11 is 0. The minimum atomic E-state index is -1.80. The molecule has 0 aliphatic carbocycles. The van der Waals surface area contributed by atoms with Crippen LogP contribution in [-0.2, 0) is 36.4 Å². The van der Waals surface area contributed by atoms with Crippen LogP contribution in [-0.4, -0.2) is 138 Å². The topological polar surface area (TPSA) is 248 Å². The minimum absolute atomic E-state index is 0.0528. The molecule has 1 amide bonds. The van der Waals surface area contributed by atoms with Gasteiger partial charge in [0.25, 0.3) is 5.69 Å². The monoisotopic (exact) mass is 901 g/mol. The van der Waals surface area contributed by atoms with E-state index in [2.05, 4.69) is 85.0 Å². The fraction of sp³-hybridized carbons (Fsp3) is 0.500. The van der Waals surface area contributed by atoms with E-state index in [1.165, 1.54) is 11.1 Å². The van der Waals surface area contributed by atoms with Crippen molar-refractivity contribution in [3.05, 3.63) is 124 Å². The lowest BCUT2D eigenvalue weighted by atomic mass is 9.81. The number of fused-ring (bicyclic) bond motifs is 2. The summed E-state index contributed by atoms with van der Waals surface area (Å²) in [5.74, 6) is -0.316. The summed E-state index contributed by atoms with van der Waals surface area (Å²) in [5.41, 5.74) is 7.27. The van der Waals surface area contributed by atoms with Gasteiger partial charge in [0.15, 0.2) is 24.8 Å². The number of carbonyl (C=O) groups is 1. The van der Waals surface area contributed by atoms with Crippen molar-refractivity contribution in [3.8, 4) is 0 Å². The molecule has 3 aromatic carbocycles. The second kappa shape index (κ2) is 19.9. The molecular formula is C48H61N4O13+. The first kappa shape index (κ1) is 48.0. The lowest BCUT2D eigenvalue weighted by molar-refractivity contribution is -0.455. The predicted molar refractivity (Wildman–Crippen MR) is 238 cm³/mol. The number of anilines is 1. The quantitative estimate of drug-likeness (QED) is 0.0446. The summed E-state index contributed by atoms with van der Waals surface area (Å²) in [6.07, 6.45) is -7.45. The molecule has 4 heterocycles. The number of nitrogens with one attached hydrogen (secondary N) is 1. The van der Waals surface area contributed by atoms with E-state index >= 15 is 0 Å². The lowest BCUT2D eigenvalue weighted by Crippen LogP contribution is -2.64. The molecule has 0 bridgehead atoms. The number of non-ortho nitro benzene ring substituents is 1. The lowest BCUT2D eigenvalue weighted by Gasteiger charge is -2.44. The maximum absolute atomic E-state index is 13.0. The number of rotatable bonds is 16. The van der Waals surface area contributed by atoms with Gasteiger partial charge < -0.3 is 60.2 Å². The van der Waals surface area contributed by atoms with Crippen molar-refractivity contribution < 1.29 is 64.2 Å². The SMILES string of the molecule is CC1(C)C(=CC=CC2=[N+](Cc3ccc([N+](=O)[O-])cc3)c3ccccc3C2(C)C)N(CCCCCC(=O)NC[C@H]2O[C@H](O[C@H]3O[C@H](CO)[C@@H](O)[C@H](O)[C@H]3O)[C@H](O)[C@@H](O)[C@@H]2O)c2ccccc21. The zero-order chi connectivity index (χ0) is 46.8. The van der Waals surface area contributed by atoms with Crippen LogP contribution in [0.1, 0.15) is 70.1 Å². The van der Waals surface area contributed by atoms with Crippen LogP contribution < -0.4 is 10.2 Å². The van der Waals surface area contributed by atoms with Gasteiger partial charge in [-0.15, -0.1) is 0 Å². The molecule has 10 atom stereocenters. The highest BCUT2D eigenvalue weighted by atomic mass is 16.8. The molecule has 2 fully saturated rings.